The van der Waals surface area contributed by atoms with Crippen molar-refractivity contribution in [1.82, 2.24) is 4.90 Å². The van der Waals surface area contributed by atoms with Crippen LogP contribution >= 0.6 is 23.2 Å². The van der Waals surface area contributed by atoms with E-state index < -0.39 is 0 Å². The number of piperidine rings is 1. The number of carbonyl (C=O) groups excluding carboxylic acids is 2. The molecule has 1 aliphatic heterocycles. The van der Waals surface area contributed by atoms with E-state index >= 15 is 0 Å². The molecule has 0 saturated carbocycles. The highest BCUT2D eigenvalue weighted by Crippen LogP contribution is 2.28. The highest BCUT2D eigenvalue weighted by molar-refractivity contribution is 6.36. The third-order valence-electron chi connectivity index (χ3n) is 5.07. The molecule has 0 aromatic heterocycles. The second kappa shape index (κ2) is 8.77. The van der Waals surface area contributed by atoms with E-state index in [0.29, 0.717) is 22.2 Å². The topological polar surface area (TPSA) is 40.6 Å². The van der Waals surface area contributed by atoms with Crippen molar-refractivity contribution >= 4 is 41.1 Å². The Morgan fingerprint density at radius 2 is 1.70 bits per heavy atom. The van der Waals surface area contributed by atoms with Crippen molar-refractivity contribution in [3.63, 3.8) is 0 Å². The molecule has 1 aliphatic rings. The van der Waals surface area contributed by atoms with Crippen LogP contribution in [0.25, 0.3) is 0 Å². The quantitative estimate of drug-likeness (QED) is 0.679. The minimum Gasteiger partial charge on any atom is -0.371 e. The molecule has 142 valence electrons. The van der Waals surface area contributed by atoms with E-state index in [0.717, 1.165) is 43.5 Å². The fraction of sp³-hybridized carbons (Fsp3) is 0.333. The van der Waals surface area contributed by atoms with Crippen LogP contribution in [0.5, 0.6) is 0 Å². The lowest BCUT2D eigenvalue weighted by Gasteiger charge is -2.34. The molecule has 0 spiro atoms. The van der Waals surface area contributed by atoms with Gasteiger partial charge in [-0.15, -0.1) is 0 Å². The number of carbonyl (C=O) groups is 2. The van der Waals surface area contributed by atoms with Crippen LogP contribution in [0.4, 0.5) is 5.69 Å². The Hall–Kier alpha value is -2.04. The molecule has 0 radical (unpaired) electrons. The molecule has 27 heavy (non-hydrogen) atoms. The summed E-state index contributed by atoms with van der Waals surface area (Å²) in [6.45, 7) is 2.04. The molecule has 0 atom stereocenters. The fourth-order valence-electron chi connectivity index (χ4n) is 3.46. The van der Waals surface area contributed by atoms with Gasteiger partial charge in [0.2, 0.25) is 5.91 Å². The smallest absolute Gasteiger partial charge is 0.225 e. The number of benzene rings is 2. The van der Waals surface area contributed by atoms with Gasteiger partial charge in [-0.1, -0.05) is 29.3 Å². The number of hydrogen-bond acceptors (Lipinski definition) is 3. The lowest BCUT2D eigenvalue weighted by Crippen LogP contribution is -2.41. The van der Waals surface area contributed by atoms with Crippen molar-refractivity contribution in [1.29, 1.82) is 0 Å². The van der Waals surface area contributed by atoms with Gasteiger partial charge in [0.1, 0.15) is 6.29 Å². The molecule has 1 amide bonds. The van der Waals surface area contributed by atoms with E-state index in [2.05, 4.69) is 4.90 Å². The van der Waals surface area contributed by atoms with Gasteiger partial charge < -0.3 is 9.80 Å². The number of rotatable bonds is 5. The maximum absolute atomic E-state index is 12.8. The monoisotopic (exact) mass is 404 g/mol. The molecular formula is C21H22Cl2N2O2. The van der Waals surface area contributed by atoms with Crippen LogP contribution < -0.4 is 4.90 Å². The normalized spacial score (nSPS) is 14.9. The first-order valence-corrected chi connectivity index (χ1v) is 9.73. The van der Waals surface area contributed by atoms with Gasteiger partial charge in [-0.25, -0.2) is 0 Å². The van der Waals surface area contributed by atoms with Crippen molar-refractivity contribution in [2.45, 2.75) is 19.4 Å². The van der Waals surface area contributed by atoms with E-state index in [9.17, 15) is 9.59 Å². The molecule has 1 fully saturated rings. The Balaban J connectivity index is 1.58. The Labute approximate surface area is 169 Å². The highest BCUT2D eigenvalue weighted by Gasteiger charge is 2.27. The largest absolute Gasteiger partial charge is 0.371 e. The van der Waals surface area contributed by atoms with Gasteiger partial charge in [-0.3, -0.25) is 9.59 Å². The zero-order valence-corrected chi connectivity index (χ0v) is 16.7. The zero-order chi connectivity index (χ0) is 19.4. The molecule has 1 saturated heterocycles. The van der Waals surface area contributed by atoms with Crippen molar-refractivity contribution in [2.75, 3.05) is 25.0 Å². The lowest BCUT2D eigenvalue weighted by molar-refractivity contribution is -0.135. The average molecular weight is 405 g/mol. The van der Waals surface area contributed by atoms with Crippen LogP contribution in [0.2, 0.25) is 10.0 Å². The van der Waals surface area contributed by atoms with Crippen molar-refractivity contribution in [3.8, 4) is 0 Å². The third kappa shape index (κ3) is 4.63. The second-order valence-electron chi connectivity index (χ2n) is 6.87. The van der Waals surface area contributed by atoms with E-state index in [1.165, 1.54) is 0 Å². The lowest BCUT2D eigenvalue weighted by atomic mass is 9.94. The molecule has 0 unspecified atom stereocenters. The van der Waals surface area contributed by atoms with E-state index in [-0.39, 0.29) is 11.8 Å². The second-order valence-corrected chi connectivity index (χ2v) is 7.68. The molecule has 2 aromatic rings. The van der Waals surface area contributed by atoms with Gasteiger partial charge >= 0.3 is 0 Å². The highest BCUT2D eigenvalue weighted by atomic mass is 35.5. The van der Waals surface area contributed by atoms with Gasteiger partial charge in [0.25, 0.3) is 0 Å². The summed E-state index contributed by atoms with van der Waals surface area (Å²) in [7, 11) is 1.80. The summed E-state index contributed by atoms with van der Waals surface area (Å²) in [6.07, 6.45) is 2.44. The van der Waals surface area contributed by atoms with Crippen LogP contribution in [0.15, 0.2) is 42.5 Å². The van der Waals surface area contributed by atoms with Crippen LogP contribution in [0.3, 0.4) is 0 Å². The van der Waals surface area contributed by atoms with E-state index in [1.54, 1.807) is 30.1 Å². The summed E-state index contributed by atoms with van der Waals surface area (Å²) in [5.41, 5.74) is 2.54. The van der Waals surface area contributed by atoms with Gasteiger partial charge in [-0.2, -0.15) is 0 Å². The van der Waals surface area contributed by atoms with Gasteiger partial charge in [0, 0.05) is 59.5 Å². The summed E-state index contributed by atoms with van der Waals surface area (Å²) in [5, 5.41) is 1.16. The first-order valence-electron chi connectivity index (χ1n) is 8.97. The molecule has 4 nitrogen and oxygen atoms in total. The first kappa shape index (κ1) is 19.7. The van der Waals surface area contributed by atoms with Gasteiger partial charge in [0.15, 0.2) is 0 Å². The standard InChI is InChI=1S/C21H22Cl2N2O2/c1-24(13-18-19(22)3-2-4-20(18)23)21(27)16-9-11-25(12-10-16)17-7-5-15(14-26)6-8-17/h2-8,14,16H,9-13H2,1H3. The number of halogens is 2. The predicted octanol–water partition coefficient (Wildman–Crippen LogP) is 4.68. The van der Waals surface area contributed by atoms with Crippen molar-refractivity contribution < 1.29 is 9.59 Å². The number of hydrogen-bond donors (Lipinski definition) is 0. The maximum atomic E-state index is 12.8. The molecule has 0 bridgehead atoms. The van der Waals surface area contributed by atoms with E-state index in [4.69, 9.17) is 23.2 Å². The van der Waals surface area contributed by atoms with Gasteiger partial charge in [0.05, 0.1) is 0 Å². The Bertz CT molecular complexity index is 795. The van der Waals surface area contributed by atoms with Crippen molar-refractivity contribution in [3.05, 3.63) is 63.6 Å². The SMILES string of the molecule is CN(Cc1c(Cl)cccc1Cl)C(=O)C1CCN(c2ccc(C=O)cc2)CC1. The summed E-state index contributed by atoms with van der Waals surface area (Å²) < 4.78 is 0. The van der Waals surface area contributed by atoms with Gasteiger partial charge in [-0.05, 0) is 49.2 Å². The van der Waals surface area contributed by atoms with Crippen LogP contribution in [-0.2, 0) is 11.3 Å². The number of anilines is 1. The summed E-state index contributed by atoms with van der Waals surface area (Å²) in [5.74, 6) is 0.128. The molecule has 6 heteroatoms. The number of nitrogens with zero attached hydrogens (tertiary/aromatic N) is 2. The third-order valence-corrected chi connectivity index (χ3v) is 5.78. The maximum Gasteiger partial charge on any atom is 0.225 e. The molecule has 0 aliphatic carbocycles. The Kier molecular flexibility index (Phi) is 6.40. The molecule has 3 rings (SSSR count). The summed E-state index contributed by atoms with van der Waals surface area (Å²) in [4.78, 5) is 27.6. The number of amides is 1. The molecule has 2 aromatic carbocycles. The van der Waals surface area contributed by atoms with E-state index in [1.807, 2.05) is 24.3 Å². The zero-order valence-electron chi connectivity index (χ0n) is 15.2. The molecule has 1 heterocycles. The minimum atomic E-state index is 0.00163. The molecular weight excluding hydrogens is 383 g/mol. The van der Waals surface area contributed by atoms with Crippen LogP contribution in [0, 0.1) is 5.92 Å². The summed E-state index contributed by atoms with van der Waals surface area (Å²) in [6, 6.07) is 12.9. The van der Waals surface area contributed by atoms with Crippen molar-refractivity contribution in [2.24, 2.45) is 5.92 Å². The summed E-state index contributed by atoms with van der Waals surface area (Å²) >= 11 is 12.4. The first-order chi connectivity index (χ1) is 13.0. The Morgan fingerprint density at radius 3 is 2.26 bits per heavy atom. The van der Waals surface area contributed by atoms with Crippen LogP contribution in [-0.4, -0.2) is 37.2 Å². The number of aldehydes is 1. The average Bonchev–Trinajstić information content (AvgIpc) is 2.70. The predicted molar refractivity (Wildman–Crippen MR) is 110 cm³/mol. The Morgan fingerprint density at radius 1 is 1.11 bits per heavy atom. The fourth-order valence-corrected chi connectivity index (χ4v) is 3.98. The molecule has 0 N–H and O–H groups in total. The van der Waals surface area contributed by atoms with Crippen LogP contribution in [0.1, 0.15) is 28.8 Å². The minimum absolute atomic E-state index is 0.00163.